The topological polar surface area (TPSA) is 79.4 Å². The lowest BCUT2D eigenvalue weighted by Gasteiger charge is -2.30. The number of piperidine rings is 1. The van der Waals surface area contributed by atoms with Crippen LogP contribution in [0.2, 0.25) is 0 Å². The molecule has 1 fully saturated rings. The first-order valence-electron chi connectivity index (χ1n) is 8.76. The van der Waals surface area contributed by atoms with Gasteiger partial charge in [-0.3, -0.25) is 9.78 Å². The largest absolute Gasteiger partial charge is 0.352 e. The van der Waals surface area contributed by atoms with Crippen molar-refractivity contribution in [3.63, 3.8) is 0 Å². The number of pyridine rings is 1. The molecule has 8 heteroatoms. The van der Waals surface area contributed by atoms with E-state index in [4.69, 9.17) is 0 Å². The molecular formula is C18H23N3O3S2. The van der Waals surface area contributed by atoms with Gasteiger partial charge in [-0.2, -0.15) is 4.31 Å². The van der Waals surface area contributed by atoms with Gasteiger partial charge in [-0.05, 0) is 49.1 Å². The van der Waals surface area contributed by atoms with Crippen LogP contribution in [0.4, 0.5) is 0 Å². The Morgan fingerprint density at radius 3 is 2.54 bits per heavy atom. The molecule has 3 heterocycles. The van der Waals surface area contributed by atoms with Gasteiger partial charge in [0.2, 0.25) is 5.91 Å². The van der Waals surface area contributed by atoms with E-state index in [1.54, 1.807) is 18.5 Å². The maximum atomic E-state index is 12.7. The SMILES string of the molecule is CCc1ccc(S(=O)(=O)N2CCC(C(=O)NCc3ccncc3)CC2)s1. The van der Waals surface area contributed by atoms with Gasteiger partial charge in [-0.15, -0.1) is 11.3 Å². The average molecular weight is 394 g/mol. The number of amides is 1. The molecule has 0 spiro atoms. The Morgan fingerprint density at radius 2 is 1.92 bits per heavy atom. The van der Waals surface area contributed by atoms with E-state index in [0.717, 1.165) is 16.9 Å². The van der Waals surface area contributed by atoms with Crippen molar-refractivity contribution in [2.45, 2.75) is 36.9 Å². The zero-order valence-corrected chi connectivity index (χ0v) is 16.4. The minimum Gasteiger partial charge on any atom is -0.352 e. The quantitative estimate of drug-likeness (QED) is 0.817. The number of hydrogen-bond donors (Lipinski definition) is 1. The Hall–Kier alpha value is -1.77. The zero-order valence-electron chi connectivity index (χ0n) is 14.7. The van der Waals surface area contributed by atoms with Crippen LogP contribution >= 0.6 is 11.3 Å². The maximum absolute atomic E-state index is 12.7. The molecule has 3 rings (SSSR count). The lowest BCUT2D eigenvalue weighted by Crippen LogP contribution is -2.42. The number of rotatable bonds is 6. The second-order valence-electron chi connectivity index (χ2n) is 6.33. The molecule has 1 saturated heterocycles. The third-order valence-electron chi connectivity index (χ3n) is 4.62. The number of aromatic nitrogens is 1. The molecule has 1 aliphatic heterocycles. The first-order valence-corrected chi connectivity index (χ1v) is 11.0. The van der Waals surface area contributed by atoms with Gasteiger partial charge in [-0.1, -0.05) is 6.92 Å². The van der Waals surface area contributed by atoms with Crippen LogP contribution in [-0.4, -0.2) is 36.7 Å². The number of carbonyl (C=O) groups excluding carboxylic acids is 1. The second kappa shape index (κ2) is 8.28. The van der Waals surface area contributed by atoms with Crippen LogP contribution in [0.25, 0.3) is 0 Å². The van der Waals surface area contributed by atoms with Crippen LogP contribution in [0.1, 0.15) is 30.2 Å². The summed E-state index contributed by atoms with van der Waals surface area (Å²) in [5.74, 6) is -0.152. The molecule has 1 aliphatic rings. The molecule has 0 aliphatic carbocycles. The number of hydrogen-bond acceptors (Lipinski definition) is 5. The highest BCUT2D eigenvalue weighted by molar-refractivity contribution is 7.91. The Balaban J connectivity index is 1.54. The number of carbonyl (C=O) groups is 1. The molecule has 0 unspecified atom stereocenters. The highest BCUT2D eigenvalue weighted by atomic mass is 32.2. The predicted octanol–water partition coefficient (Wildman–Crippen LogP) is 2.42. The van der Waals surface area contributed by atoms with Gasteiger partial charge in [-0.25, -0.2) is 8.42 Å². The van der Waals surface area contributed by atoms with Crippen molar-refractivity contribution in [2.24, 2.45) is 5.92 Å². The zero-order chi connectivity index (χ0) is 18.6. The van der Waals surface area contributed by atoms with E-state index in [1.165, 1.54) is 15.6 Å². The standard InChI is InChI=1S/C18H23N3O3S2/c1-2-16-3-4-17(25-16)26(23,24)21-11-7-15(8-12-21)18(22)20-13-14-5-9-19-10-6-14/h3-6,9-10,15H,2,7-8,11-13H2,1H3,(H,20,22). The van der Waals surface area contributed by atoms with Crippen LogP contribution < -0.4 is 5.32 Å². The normalized spacial score (nSPS) is 16.5. The first-order chi connectivity index (χ1) is 12.5. The monoisotopic (exact) mass is 393 g/mol. The van der Waals surface area contributed by atoms with E-state index in [1.807, 2.05) is 25.1 Å². The summed E-state index contributed by atoms with van der Waals surface area (Å²) in [7, 11) is -3.44. The van der Waals surface area contributed by atoms with Gasteiger partial charge in [0.05, 0.1) is 0 Å². The summed E-state index contributed by atoms with van der Waals surface area (Å²) < 4.78 is 27.4. The van der Waals surface area contributed by atoms with Crippen molar-refractivity contribution in [1.82, 2.24) is 14.6 Å². The van der Waals surface area contributed by atoms with E-state index < -0.39 is 10.0 Å². The average Bonchev–Trinajstić information content (AvgIpc) is 3.17. The number of sulfonamides is 1. The Bertz CT molecular complexity index is 842. The number of nitrogens with zero attached hydrogens (tertiary/aromatic N) is 2. The van der Waals surface area contributed by atoms with Gasteiger partial charge in [0.15, 0.2) is 0 Å². The fourth-order valence-corrected chi connectivity index (χ4v) is 5.93. The predicted molar refractivity (Wildman–Crippen MR) is 101 cm³/mol. The van der Waals surface area contributed by atoms with Gasteiger partial charge in [0.25, 0.3) is 10.0 Å². The molecule has 1 N–H and O–H groups in total. The third-order valence-corrected chi connectivity index (χ3v) is 8.22. The number of nitrogens with one attached hydrogen (secondary N) is 1. The third kappa shape index (κ3) is 4.31. The van der Waals surface area contributed by atoms with Crippen molar-refractivity contribution in [3.05, 3.63) is 47.1 Å². The van der Waals surface area contributed by atoms with E-state index in [2.05, 4.69) is 10.3 Å². The molecule has 26 heavy (non-hydrogen) atoms. The van der Waals surface area contributed by atoms with E-state index in [0.29, 0.717) is 36.7 Å². The summed E-state index contributed by atoms with van der Waals surface area (Å²) >= 11 is 1.33. The number of thiophene rings is 1. The highest BCUT2D eigenvalue weighted by Crippen LogP contribution is 2.28. The molecule has 140 valence electrons. The summed E-state index contributed by atoms with van der Waals surface area (Å²) in [6.45, 7) is 3.25. The van der Waals surface area contributed by atoms with Gasteiger partial charge in [0, 0.05) is 42.8 Å². The maximum Gasteiger partial charge on any atom is 0.252 e. The fraction of sp³-hybridized carbons (Fsp3) is 0.444. The summed E-state index contributed by atoms with van der Waals surface area (Å²) in [5.41, 5.74) is 0.998. The van der Waals surface area contributed by atoms with Crippen LogP contribution in [0.5, 0.6) is 0 Å². The Labute approximate surface area is 158 Å². The molecule has 0 bridgehead atoms. The van der Waals surface area contributed by atoms with Gasteiger partial charge < -0.3 is 5.32 Å². The molecule has 2 aromatic rings. The van der Waals surface area contributed by atoms with Crippen molar-refractivity contribution >= 4 is 27.3 Å². The first kappa shape index (κ1) is 19.0. The molecular weight excluding hydrogens is 370 g/mol. The summed E-state index contributed by atoms with van der Waals surface area (Å²) in [5, 5.41) is 2.93. The molecule has 0 atom stereocenters. The molecule has 0 radical (unpaired) electrons. The molecule has 0 saturated carbocycles. The van der Waals surface area contributed by atoms with Gasteiger partial charge in [0.1, 0.15) is 4.21 Å². The number of aryl methyl sites for hydroxylation is 1. The Kier molecular flexibility index (Phi) is 6.05. The lowest BCUT2D eigenvalue weighted by atomic mass is 9.97. The molecule has 0 aromatic carbocycles. The van der Waals surface area contributed by atoms with E-state index in [9.17, 15) is 13.2 Å². The smallest absolute Gasteiger partial charge is 0.252 e. The molecule has 1 amide bonds. The highest BCUT2D eigenvalue weighted by Gasteiger charge is 2.32. The van der Waals surface area contributed by atoms with Crippen molar-refractivity contribution in [3.8, 4) is 0 Å². The van der Waals surface area contributed by atoms with Crippen LogP contribution in [0, 0.1) is 5.92 Å². The molecule has 2 aromatic heterocycles. The minimum atomic E-state index is -3.44. The molecule has 6 nitrogen and oxygen atoms in total. The van der Waals surface area contributed by atoms with E-state index in [-0.39, 0.29) is 11.8 Å². The van der Waals surface area contributed by atoms with Crippen molar-refractivity contribution in [1.29, 1.82) is 0 Å². The minimum absolute atomic E-state index is 0.0109. The summed E-state index contributed by atoms with van der Waals surface area (Å²) in [4.78, 5) is 17.4. The summed E-state index contributed by atoms with van der Waals surface area (Å²) in [6, 6.07) is 7.28. The summed E-state index contributed by atoms with van der Waals surface area (Å²) in [6.07, 6.45) is 5.32. The van der Waals surface area contributed by atoms with Crippen molar-refractivity contribution in [2.75, 3.05) is 13.1 Å². The van der Waals surface area contributed by atoms with Crippen LogP contribution in [-0.2, 0) is 27.8 Å². The lowest BCUT2D eigenvalue weighted by molar-refractivity contribution is -0.126. The van der Waals surface area contributed by atoms with Gasteiger partial charge >= 0.3 is 0 Å². The van der Waals surface area contributed by atoms with E-state index >= 15 is 0 Å². The second-order valence-corrected chi connectivity index (χ2v) is 9.66. The van der Waals surface area contributed by atoms with Crippen LogP contribution in [0.15, 0.2) is 40.9 Å². The van der Waals surface area contributed by atoms with Crippen LogP contribution in [0.3, 0.4) is 0 Å². The Morgan fingerprint density at radius 1 is 1.23 bits per heavy atom. The fourth-order valence-electron chi connectivity index (χ4n) is 3.01. The van der Waals surface area contributed by atoms with Crippen molar-refractivity contribution < 1.29 is 13.2 Å².